The number of nitrogens with one attached hydrogen (secondary N) is 2. The van der Waals surface area contributed by atoms with Gasteiger partial charge in [-0.05, 0) is 61.0 Å². The number of hydrazone groups is 1. The Balaban J connectivity index is 1.22. The van der Waals surface area contributed by atoms with E-state index in [2.05, 4.69) is 26.0 Å². The summed E-state index contributed by atoms with van der Waals surface area (Å²) in [5.41, 5.74) is 5.56. The molecule has 188 valence electrons. The zero-order valence-electron chi connectivity index (χ0n) is 19.6. The van der Waals surface area contributed by atoms with Crippen molar-refractivity contribution in [3.63, 3.8) is 0 Å². The minimum atomic E-state index is -0.358. The highest BCUT2D eigenvalue weighted by atomic mass is 35.5. The maximum Gasteiger partial charge on any atom is 0.257 e. The molecule has 0 aliphatic heterocycles. The van der Waals surface area contributed by atoms with Crippen LogP contribution in [0.3, 0.4) is 0 Å². The minimum absolute atomic E-state index is 0.0185. The first-order valence-electron chi connectivity index (χ1n) is 11.0. The largest absolute Gasteiger partial charge is 0.489 e. The Morgan fingerprint density at radius 3 is 2.62 bits per heavy atom. The third kappa shape index (κ3) is 7.85. The predicted molar refractivity (Wildman–Crippen MR) is 146 cm³/mol. The number of hydrogen-bond acceptors (Lipinski definition) is 7. The standard InChI is InChI=1S/C26H21Cl2N5O3S/c1-16-3-2-4-18(11-16)25(35)30-26-33-32-24(37-26)13-23(34)31-29-14-17-5-9-21(10-6-17)36-15-19-7-8-20(27)12-22(19)28/h2-12,14H,13,15H2,1H3,(H,31,34)(H,30,33,35)/b29-14-. The van der Waals surface area contributed by atoms with Crippen molar-refractivity contribution in [2.75, 3.05) is 5.32 Å². The zero-order chi connectivity index (χ0) is 26.2. The van der Waals surface area contributed by atoms with E-state index in [0.717, 1.165) is 28.0 Å². The number of aromatic nitrogens is 2. The third-order valence-corrected chi connectivity index (χ3v) is 6.40. The lowest BCUT2D eigenvalue weighted by atomic mass is 10.1. The van der Waals surface area contributed by atoms with E-state index in [1.165, 1.54) is 6.21 Å². The Bertz CT molecular complexity index is 1440. The summed E-state index contributed by atoms with van der Waals surface area (Å²) in [6.07, 6.45) is 1.50. The Morgan fingerprint density at radius 2 is 1.86 bits per heavy atom. The molecule has 11 heteroatoms. The first-order chi connectivity index (χ1) is 17.9. The molecular weight excluding hydrogens is 533 g/mol. The fraction of sp³-hybridized carbons (Fsp3) is 0.115. The molecule has 0 bridgehead atoms. The van der Waals surface area contributed by atoms with Gasteiger partial charge in [-0.2, -0.15) is 5.10 Å². The summed E-state index contributed by atoms with van der Waals surface area (Å²) >= 11 is 13.2. The molecule has 3 aromatic carbocycles. The number of amides is 2. The molecule has 2 amide bonds. The molecule has 0 saturated carbocycles. The van der Waals surface area contributed by atoms with Gasteiger partial charge in [0, 0.05) is 21.2 Å². The van der Waals surface area contributed by atoms with Crippen molar-refractivity contribution in [1.29, 1.82) is 0 Å². The zero-order valence-corrected chi connectivity index (χ0v) is 21.9. The Kier molecular flexibility index (Phi) is 8.84. The Labute approximate surface area is 227 Å². The summed E-state index contributed by atoms with van der Waals surface area (Å²) in [6, 6.07) is 19.7. The monoisotopic (exact) mass is 553 g/mol. The number of carbonyl (C=O) groups excluding carboxylic acids is 2. The summed E-state index contributed by atoms with van der Waals surface area (Å²) in [6.45, 7) is 2.22. The molecule has 0 radical (unpaired) electrons. The van der Waals surface area contributed by atoms with Crippen LogP contribution in [-0.2, 0) is 17.8 Å². The number of anilines is 1. The molecule has 0 aliphatic carbocycles. The molecule has 4 rings (SSSR count). The van der Waals surface area contributed by atoms with Gasteiger partial charge in [0.05, 0.1) is 12.6 Å². The van der Waals surface area contributed by atoms with Crippen LogP contribution in [0, 0.1) is 6.92 Å². The quantitative estimate of drug-likeness (QED) is 0.205. The van der Waals surface area contributed by atoms with Gasteiger partial charge in [-0.15, -0.1) is 10.2 Å². The van der Waals surface area contributed by atoms with E-state index in [9.17, 15) is 9.59 Å². The lowest BCUT2D eigenvalue weighted by Crippen LogP contribution is -2.19. The maximum absolute atomic E-state index is 12.3. The molecule has 1 aromatic heterocycles. The molecule has 0 aliphatic rings. The fourth-order valence-electron chi connectivity index (χ4n) is 3.14. The minimum Gasteiger partial charge on any atom is -0.489 e. The van der Waals surface area contributed by atoms with E-state index in [4.69, 9.17) is 27.9 Å². The second-order valence-corrected chi connectivity index (χ2v) is 9.79. The summed E-state index contributed by atoms with van der Waals surface area (Å²) < 4.78 is 5.75. The molecule has 8 nitrogen and oxygen atoms in total. The van der Waals surface area contributed by atoms with Crippen LogP contribution in [0.1, 0.15) is 32.1 Å². The number of rotatable bonds is 9. The van der Waals surface area contributed by atoms with Crippen LogP contribution in [-0.4, -0.2) is 28.2 Å². The van der Waals surface area contributed by atoms with Gasteiger partial charge in [-0.1, -0.05) is 58.3 Å². The van der Waals surface area contributed by atoms with Gasteiger partial charge in [-0.25, -0.2) is 5.43 Å². The number of aryl methyl sites for hydroxylation is 1. The normalized spacial score (nSPS) is 10.9. The number of benzene rings is 3. The molecule has 0 fully saturated rings. The van der Waals surface area contributed by atoms with Crippen molar-refractivity contribution >= 4 is 57.7 Å². The smallest absolute Gasteiger partial charge is 0.257 e. The van der Waals surface area contributed by atoms with E-state index in [-0.39, 0.29) is 18.2 Å². The molecule has 0 spiro atoms. The first kappa shape index (κ1) is 26.3. The summed E-state index contributed by atoms with van der Waals surface area (Å²) in [5, 5.41) is 16.4. The average molecular weight is 554 g/mol. The van der Waals surface area contributed by atoms with E-state index < -0.39 is 0 Å². The second-order valence-electron chi connectivity index (χ2n) is 7.89. The van der Waals surface area contributed by atoms with Gasteiger partial charge in [0.25, 0.3) is 5.91 Å². The van der Waals surface area contributed by atoms with Crippen LogP contribution in [0.15, 0.2) is 71.8 Å². The maximum atomic E-state index is 12.3. The van der Waals surface area contributed by atoms with Crippen LogP contribution >= 0.6 is 34.5 Å². The molecule has 0 atom stereocenters. The summed E-state index contributed by atoms with van der Waals surface area (Å²) in [5.74, 6) is 0.0168. The SMILES string of the molecule is Cc1cccc(C(=O)Nc2nnc(CC(=O)N/N=C\c3ccc(OCc4ccc(Cl)cc4Cl)cc3)s2)c1. The van der Waals surface area contributed by atoms with Crippen LogP contribution in [0.25, 0.3) is 0 Å². The highest BCUT2D eigenvalue weighted by Gasteiger charge is 2.12. The molecule has 0 saturated heterocycles. The molecule has 4 aromatic rings. The van der Waals surface area contributed by atoms with Crippen molar-refractivity contribution in [1.82, 2.24) is 15.6 Å². The second kappa shape index (κ2) is 12.4. The van der Waals surface area contributed by atoms with Gasteiger partial charge in [0.15, 0.2) is 0 Å². The van der Waals surface area contributed by atoms with Crippen molar-refractivity contribution in [2.24, 2.45) is 5.10 Å². The molecule has 2 N–H and O–H groups in total. The van der Waals surface area contributed by atoms with E-state index in [1.807, 2.05) is 37.3 Å². The Morgan fingerprint density at radius 1 is 1.05 bits per heavy atom. The van der Waals surface area contributed by atoms with Crippen molar-refractivity contribution in [3.8, 4) is 5.75 Å². The van der Waals surface area contributed by atoms with E-state index in [0.29, 0.717) is 38.1 Å². The van der Waals surface area contributed by atoms with Crippen molar-refractivity contribution < 1.29 is 14.3 Å². The van der Waals surface area contributed by atoms with Gasteiger partial charge < -0.3 is 4.74 Å². The summed E-state index contributed by atoms with van der Waals surface area (Å²) in [4.78, 5) is 24.5. The molecule has 37 heavy (non-hydrogen) atoms. The number of nitrogens with zero attached hydrogens (tertiary/aromatic N) is 3. The van der Waals surface area contributed by atoms with Gasteiger partial charge >= 0.3 is 0 Å². The topological polar surface area (TPSA) is 106 Å². The third-order valence-electron chi connectivity index (χ3n) is 4.97. The van der Waals surface area contributed by atoms with Crippen LogP contribution in [0.2, 0.25) is 10.0 Å². The van der Waals surface area contributed by atoms with Gasteiger partial charge in [-0.3, -0.25) is 14.9 Å². The lowest BCUT2D eigenvalue weighted by Gasteiger charge is -2.08. The van der Waals surface area contributed by atoms with Crippen LogP contribution in [0.4, 0.5) is 5.13 Å². The van der Waals surface area contributed by atoms with Crippen molar-refractivity contribution in [2.45, 2.75) is 20.0 Å². The number of carbonyl (C=O) groups is 2. The highest BCUT2D eigenvalue weighted by molar-refractivity contribution is 7.15. The van der Waals surface area contributed by atoms with E-state index in [1.54, 1.807) is 36.4 Å². The van der Waals surface area contributed by atoms with Gasteiger partial charge in [0.2, 0.25) is 11.0 Å². The van der Waals surface area contributed by atoms with Crippen molar-refractivity contribution in [3.05, 3.63) is 104 Å². The summed E-state index contributed by atoms with van der Waals surface area (Å²) in [7, 11) is 0. The lowest BCUT2D eigenvalue weighted by molar-refractivity contribution is -0.120. The van der Waals surface area contributed by atoms with Crippen LogP contribution in [0.5, 0.6) is 5.75 Å². The van der Waals surface area contributed by atoms with E-state index >= 15 is 0 Å². The number of hydrogen-bond donors (Lipinski definition) is 2. The molecule has 0 unspecified atom stereocenters. The predicted octanol–water partition coefficient (Wildman–Crippen LogP) is 5.68. The number of ether oxygens (including phenoxy) is 1. The Hall–Kier alpha value is -3.79. The molecule has 1 heterocycles. The van der Waals surface area contributed by atoms with Gasteiger partial charge in [0.1, 0.15) is 17.4 Å². The van der Waals surface area contributed by atoms with Crippen LogP contribution < -0.4 is 15.5 Å². The molecular formula is C26H21Cl2N5O3S. The number of halogens is 2. The fourth-order valence-corrected chi connectivity index (χ4v) is 4.33. The first-order valence-corrected chi connectivity index (χ1v) is 12.6. The highest BCUT2D eigenvalue weighted by Crippen LogP contribution is 2.23. The average Bonchev–Trinajstić information content (AvgIpc) is 3.30.